The van der Waals surface area contributed by atoms with Crippen molar-refractivity contribution in [3.8, 4) is 0 Å². The van der Waals surface area contributed by atoms with E-state index in [0.717, 1.165) is 62.6 Å². The first-order valence-electron chi connectivity index (χ1n) is 12.8. The first kappa shape index (κ1) is 24.7. The lowest BCUT2D eigenvalue weighted by Gasteiger charge is -2.32. The van der Waals surface area contributed by atoms with Gasteiger partial charge in [-0.2, -0.15) is 0 Å². The van der Waals surface area contributed by atoms with Crippen LogP contribution in [-0.4, -0.2) is 48.8 Å². The number of benzene rings is 1. The van der Waals surface area contributed by atoms with E-state index in [1.54, 1.807) is 7.05 Å². The molecule has 190 valence electrons. The molecule has 2 fully saturated rings. The number of carbonyl (C=O) groups is 1. The second-order valence-corrected chi connectivity index (χ2v) is 11.0. The monoisotopic (exact) mass is 507 g/mol. The van der Waals surface area contributed by atoms with Crippen LogP contribution in [0.2, 0.25) is 0 Å². The van der Waals surface area contributed by atoms with Gasteiger partial charge in [-0.25, -0.2) is 14.8 Å². The normalized spacial score (nSPS) is 17.2. The number of fused-ring (bicyclic) bond motifs is 1. The zero-order valence-electron chi connectivity index (χ0n) is 21.0. The fraction of sp³-hybridized carbons (Fsp3) is 0.519. The number of thioether (sulfide) groups is 1. The van der Waals surface area contributed by atoms with Gasteiger partial charge >= 0.3 is 5.69 Å². The maximum Gasteiger partial charge on any atom is 0.332 e. The summed E-state index contributed by atoms with van der Waals surface area (Å²) < 4.78 is 2.50. The van der Waals surface area contributed by atoms with E-state index >= 15 is 0 Å². The lowest BCUT2D eigenvalue weighted by molar-refractivity contribution is -0.129. The van der Waals surface area contributed by atoms with Crippen LogP contribution in [-0.2, 0) is 25.3 Å². The zero-order valence-corrected chi connectivity index (χ0v) is 21.8. The van der Waals surface area contributed by atoms with Crippen molar-refractivity contribution < 1.29 is 4.79 Å². The number of carbonyl (C=O) groups excluding carboxylic acids is 1. The fourth-order valence-corrected chi connectivity index (χ4v) is 6.40. The summed E-state index contributed by atoms with van der Waals surface area (Å²) in [6.07, 6.45) is 7.31. The molecule has 5 rings (SSSR count). The van der Waals surface area contributed by atoms with Crippen LogP contribution in [0.3, 0.4) is 0 Å². The number of amides is 1. The van der Waals surface area contributed by atoms with Crippen LogP contribution in [0.25, 0.3) is 11.0 Å². The van der Waals surface area contributed by atoms with Gasteiger partial charge < -0.3 is 4.90 Å². The number of aromatic nitrogens is 4. The van der Waals surface area contributed by atoms with Crippen LogP contribution in [0.15, 0.2) is 44.9 Å². The molecule has 0 atom stereocenters. The van der Waals surface area contributed by atoms with Gasteiger partial charge in [0, 0.05) is 33.1 Å². The molecule has 0 spiro atoms. The Hall–Kier alpha value is -2.94. The third-order valence-electron chi connectivity index (χ3n) is 7.67. The van der Waals surface area contributed by atoms with E-state index in [0.29, 0.717) is 27.8 Å². The molecular weight excluding hydrogens is 474 g/mol. The lowest BCUT2D eigenvalue weighted by atomic mass is 9.90. The van der Waals surface area contributed by atoms with Gasteiger partial charge in [-0.1, -0.05) is 54.9 Å². The van der Waals surface area contributed by atoms with Crippen molar-refractivity contribution in [3.63, 3.8) is 0 Å². The minimum atomic E-state index is -0.414. The van der Waals surface area contributed by atoms with Crippen LogP contribution in [0.1, 0.15) is 55.8 Å². The second-order valence-electron chi connectivity index (χ2n) is 10.1. The van der Waals surface area contributed by atoms with Gasteiger partial charge in [0.25, 0.3) is 5.56 Å². The van der Waals surface area contributed by atoms with Gasteiger partial charge in [0.1, 0.15) is 16.2 Å². The quantitative estimate of drug-likeness (QED) is 0.376. The number of hydrogen-bond acceptors (Lipinski definition) is 6. The summed E-state index contributed by atoms with van der Waals surface area (Å²) in [6, 6.07) is 10.5. The van der Waals surface area contributed by atoms with E-state index in [2.05, 4.69) is 29.2 Å². The Kier molecular flexibility index (Phi) is 7.27. The summed E-state index contributed by atoms with van der Waals surface area (Å²) in [7, 11) is 3.10. The van der Waals surface area contributed by atoms with E-state index in [9.17, 15) is 14.4 Å². The number of aryl methyl sites for hydroxylation is 1. The van der Waals surface area contributed by atoms with Gasteiger partial charge in [0.05, 0.1) is 5.75 Å². The van der Waals surface area contributed by atoms with Crippen molar-refractivity contribution in [1.29, 1.82) is 0 Å². The molecule has 1 saturated carbocycles. The molecule has 2 aliphatic rings. The summed E-state index contributed by atoms with van der Waals surface area (Å²) in [5.41, 5.74) is 0.885. The van der Waals surface area contributed by atoms with Crippen LogP contribution < -0.4 is 11.2 Å². The summed E-state index contributed by atoms with van der Waals surface area (Å²) in [6.45, 7) is 1.51. The average molecular weight is 508 g/mol. The SMILES string of the molecule is Cn1c(=O)c2c(SCC(=O)N3CCC(Cc4ccccc4)CC3)nc(C3CCCC3)nc2n(C)c1=O. The van der Waals surface area contributed by atoms with Gasteiger partial charge in [0.2, 0.25) is 5.91 Å². The van der Waals surface area contributed by atoms with Crippen LogP contribution in [0.4, 0.5) is 0 Å². The summed E-state index contributed by atoms with van der Waals surface area (Å²) in [4.78, 5) is 50.1. The van der Waals surface area contributed by atoms with Crippen molar-refractivity contribution in [2.24, 2.45) is 20.0 Å². The molecule has 2 aromatic heterocycles. The van der Waals surface area contributed by atoms with E-state index in [-0.39, 0.29) is 17.6 Å². The molecule has 9 heteroatoms. The molecule has 0 unspecified atom stereocenters. The molecule has 8 nitrogen and oxygen atoms in total. The average Bonchev–Trinajstić information content (AvgIpc) is 3.45. The summed E-state index contributed by atoms with van der Waals surface area (Å²) >= 11 is 1.29. The highest BCUT2D eigenvalue weighted by Crippen LogP contribution is 2.34. The maximum absolute atomic E-state index is 13.1. The topological polar surface area (TPSA) is 90.1 Å². The predicted molar refractivity (Wildman–Crippen MR) is 141 cm³/mol. The van der Waals surface area contributed by atoms with E-state index in [1.807, 2.05) is 11.0 Å². The minimum absolute atomic E-state index is 0.0639. The largest absolute Gasteiger partial charge is 0.342 e. The zero-order chi connectivity index (χ0) is 25.2. The van der Waals surface area contributed by atoms with Gasteiger partial charge in [0.15, 0.2) is 5.65 Å². The molecule has 3 aromatic rings. The number of piperidine rings is 1. The van der Waals surface area contributed by atoms with Crippen molar-refractivity contribution in [1.82, 2.24) is 24.0 Å². The van der Waals surface area contributed by atoms with Gasteiger partial charge in [-0.05, 0) is 43.6 Å². The molecule has 1 aliphatic heterocycles. The molecule has 36 heavy (non-hydrogen) atoms. The van der Waals surface area contributed by atoms with Gasteiger partial charge in [-0.15, -0.1) is 0 Å². The Morgan fingerprint density at radius 2 is 1.67 bits per heavy atom. The highest BCUT2D eigenvalue weighted by Gasteiger charge is 2.26. The number of rotatable bonds is 6. The first-order valence-corrected chi connectivity index (χ1v) is 13.8. The Balaban J connectivity index is 1.32. The Labute approximate surface area is 214 Å². The predicted octanol–water partition coefficient (Wildman–Crippen LogP) is 3.26. The fourth-order valence-electron chi connectivity index (χ4n) is 5.47. The molecule has 3 heterocycles. The smallest absolute Gasteiger partial charge is 0.332 e. The van der Waals surface area contributed by atoms with Crippen LogP contribution >= 0.6 is 11.8 Å². The van der Waals surface area contributed by atoms with E-state index in [1.165, 1.54) is 28.9 Å². The highest BCUT2D eigenvalue weighted by molar-refractivity contribution is 8.00. The van der Waals surface area contributed by atoms with Crippen LogP contribution in [0, 0.1) is 5.92 Å². The Bertz CT molecular complexity index is 1370. The molecule has 1 saturated heterocycles. The van der Waals surface area contributed by atoms with E-state index < -0.39 is 11.2 Å². The Morgan fingerprint density at radius 1 is 0.972 bits per heavy atom. The minimum Gasteiger partial charge on any atom is -0.342 e. The Morgan fingerprint density at radius 3 is 2.36 bits per heavy atom. The molecule has 0 radical (unpaired) electrons. The number of nitrogens with zero attached hydrogens (tertiary/aromatic N) is 5. The highest BCUT2D eigenvalue weighted by atomic mass is 32.2. The third kappa shape index (κ3) is 4.98. The van der Waals surface area contributed by atoms with Crippen molar-refractivity contribution in [2.75, 3.05) is 18.8 Å². The summed E-state index contributed by atoms with van der Waals surface area (Å²) in [5.74, 6) is 1.78. The number of hydrogen-bond donors (Lipinski definition) is 0. The molecule has 0 N–H and O–H groups in total. The summed E-state index contributed by atoms with van der Waals surface area (Å²) in [5, 5.41) is 0.825. The van der Waals surface area contributed by atoms with Gasteiger partial charge in [-0.3, -0.25) is 18.7 Å². The second kappa shape index (κ2) is 10.6. The van der Waals surface area contributed by atoms with Crippen molar-refractivity contribution in [3.05, 3.63) is 62.6 Å². The molecule has 1 aliphatic carbocycles. The van der Waals surface area contributed by atoms with Crippen molar-refractivity contribution in [2.45, 2.75) is 55.9 Å². The first-order chi connectivity index (χ1) is 17.4. The molecule has 1 amide bonds. The molecular formula is C27H33N5O3S. The lowest BCUT2D eigenvalue weighted by Crippen LogP contribution is -2.40. The van der Waals surface area contributed by atoms with Crippen LogP contribution in [0.5, 0.6) is 0 Å². The standard InChI is InChI=1S/C27H33N5O3S/c1-30-24-22(26(34)31(2)27(30)35)25(29-23(28-24)20-10-6-7-11-20)36-17-21(33)32-14-12-19(13-15-32)16-18-8-4-3-5-9-18/h3-5,8-9,19-20H,6-7,10-17H2,1-2H3. The van der Waals surface area contributed by atoms with Crippen molar-refractivity contribution >= 4 is 28.7 Å². The third-order valence-corrected chi connectivity index (χ3v) is 8.63. The maximum atomic E-state index is 13.1. The molecule has 0 bridgehead atoms. The molecule has 1 aromatic carbocycles. The number of likely N-dealkylation sites (tertiary alicyclic amines) is 1. The van der Waals surface area contributed by atoms with E-state index in [4.69, 9.17) is 4.98 Å².